The second-order valence-electron chi connectivity index (χ2n) is 2.63. The van der Waals surface area contributed by atoms with E-state index in [-0.39, 0.29) is 0 Å². The highest BCUT2D eigenvalue weighted by molar-refractivity contribution is 7.79. The van der Waals surface area contributed by atoms with Gasteiger partial charge in [-0.05, 0) is 11.4 Å². The van der Waals surface area contributed by atoms with Crippen LogP contribution in [0.4, 0.5) is 0 Å². The van der Waals surface area contributed by atoms with E-state index in [9.17, 15) is 0 Å². The summed E-state index contributed by atoms with van der Waals surface area (Å²) >= 11 is 4.80. The fraction of sp³-hybridized carbons (Fsp3) is 0.100. The van der Waals surface area contributed by atoms with E-state index in [1.54, 1.807) is 11.6 Å². The highest BCUT2D eigenvalue weighted by atomic mass is 32.1. The van der Waals surface area contributed by atoms with Gasteiger partial charge in [-0.1, -0.05) is 30.4 Å². The quantitative estimate of drug-likeness (QED) is 0.652. The van der Waals surface area contributed by atoms with Crippen LogP contribution in [0.5, 0.6) is 0 Å². The average molecular weight is 176 g/mol. The van der Waals surface area contributed by atoms with E-state index in [0.717, 1.165) is 12.0 Å². The topological polar surface area (TPSA) is 13.1 Å². The van der Waals surface area contributed by atoms with Gasteiger partial charge in [0.15, 0.2) is 0 Å². The van der Waals surface area contributed by atoms with Crippen LogP contribution in [0, 0.1) is 0 Å². The van der Waals surface area contributed by atoms with Gasteiger partial charge in [-0.25, -0.2) is 0 Å². The van der Waals surface area contributed by atoms with Crippen molar-refractivity contribution in [3.63, 3.8) is 0 Å². The van der Waals surface area contributed by atoms with Gasteiger partial charge in [0.25, 0.3) is 0 Å². The fourth-order valence-electron chi connectivity index (χ4n) is 1.28. The van der Waals surface area contributed by atoms with Crippen molar-refractivity contribution in [2.45, 2.75) is 6.42 Å². The Morgan fingerprint density at radius 1 is 1.33 bits per heavy atom. The molecule has 0 aliphatic rings. The first-order valence-corrected chi connectivity index (χ1v) is 4.27. The largest absolute Gasteiger partial charge is 0.464 e. The van der Waals surface area contributed by atoms with Gasteiger partial charge in [0.2, 0.25) is 0 Å². The summed E-state index contributed by atoms with van der Waals surface area (Å²) in [5, 5.41) is 2.88. The third kappa shape index (κ3) is 1.14. The minimum absolute atomic E-state index is 0.798. The molecule has 0 spiro atoms. The summed E-state index contributed by atoms with van der Waals surface area (Å²) in [6, 6.07) is 7.98. The van der Waals surface area contributed by atoms with E-state index in [1.807, 2.05) is 24.3 Å². The summed E-state index contributed by atoms with van der Waals surface area (Å²) < 4.78 is 5.34. The molecule has 0 atom stereocenters. The summed E-state index contributed by atoms with van der Waals surface area (Å²) in [6.07, 6.45) is 2.57. The summed E-state index contributed by atoms with van der Waals surface area (Å²) in [4.78, 5) is 0. The number of para-hydroxylation sites is 1. The van der Waals surface area contributed by atoms with Crippen molar-refractivity contribution in [2.75, 3.05) is 0 Å². The van der Waals surface area contributed by atoms with Crippen LogP contribution >= 0.6 is 12.2 Å². The molecule has 2 aromatic rings. The van der Waals surface area contributed by atoms with Gasteiger partial charge < -0.3 is 4.42 Å². The van der Waals surface area contributed by atoms with Crippen molar-refractivity contribution >= 4 is 28.6 Å². The summed E-state index contributed by atoms with van der Waals surface area (Å²) in [5.74, 6) is 0. The van der Waals surface area contributed by atoms with Crippen LogP contribution in [0.15, 0.2) is 34.9 Å². The van der Waals surface area contributed by atoms with Gasteiger partial charge in [0, 0.05) is 17.4 Å². The molecule has 0 amide bonds. The predicted octanol–water partition coefficient (Wildman–Crippen LogP) is 2.98. The van der Waals surface area contributed by atoms with Crippen molar-refractivity contribution in [1.82, 2.24) is 0 Å². The molecule has 0 radical (unpaired) electrons. The number of fused-ring (bicyclic) bond motifs is 1. The number of hydrogen-bond acceptors (Lipinski definition) is 2. The number of furan rings is 1. The van der Waals surface area contributed by atoms with E-state index in [4.69, 9.17) is 16.6 Å². The molecule has 2 heteroatoms. The Bertz CT molecular complexity index is 403. The fourth-order valence-corrected chi connectivity index (χ4v) is 1.46. The minimum Gasteiger partial charge on any atom is -0.464 e. The zero-order valence-electron chi connectivity index (χ0n) is 6.49. The number of benzene rings is 1. The lowest BCUT2D eigenvalue weighted by atomic mass is 10.1. The molecule has 0 aliphatic heterocycles. The Kier molecular flexibility index (Phi) is 1.92. The molecule has 1 aromatic carbocycles. The number of hydrogen-bond donors (Lipinski definition) is 0. The van der Waals surface area contributed by atoms with E-state index in [2.05, 4.69) is 0 Å². The molecule has 0 saturated heterocycles. The van der Waals surface area contributed by atoms with Crippen LogP contribution in [0.3, 0.4) is 0 Å². The Balaban J connectivity index is 2.62. The molecule has 0 saturated carbocycles. The number of rotatable bonds is 2. The highest BCUT2D eigenvalue weighted by Gasteiger charge is 2.01. The molecule has 0 fully saturated rings. The Hall–Kier alpha value is -1.15. The standard InChI is InChI=1S/C10H8OS/c12-6-5-8-7-11-10-4-2-1-3-9(8)10/h1-4,6-7H,5H2. The van der Waals surface area contributed by atoms with Crippen LogP contribution in [-0.2, 0) is 6.42 Å². The van der Waals surface area contributed by atoms with Gasteiger partial charge in [0.1, 0.15) is 5.58 Å². The maximum absolute atomic E-state index is 5.34. The van der Waals surface area contributed by atoms with Crippen molar-refractivity contribution in [1.29, 1.82) is 0 Å². The monoisotopic (exact) mass is 176 g/mol. The molecule has 0 N–H and O–H groups in total. The predicted molar refractivity (Wildman–Crippen MR) is 53.6 cm³/mol. The second kappa shape index (κ2) is 3.07. The minimum atomic E-state index is 0.798. The molecule has 1 nitrogen and oxygen atoms in total. The first kappa shape index (κ1) is 7.50. The Morgan fingerprint density at radius 3 is 3.00 bits per heavy atom. The molecular weight excluding hydrogens is 168 g/mol. The molecule has 60 valence electrons. The highest BCUT2D eigenvalue weighted by Crippen LogP contribution is 2.20. The van der Waals surface area contributed by atoms with Crippen LogP contribution in [0.25, 0.3) is 11.0 Å². The molecule has 1 aromatic heterocycles. The lowest BCUT2D eigenvalue weighted by Crippen LogP contribution is -1.79. The Labute approximate surface area is 76.0 Å². The second-order valence-corrected chi connectivity index (χ2v) is 2.96. The number of thiocarbonyl (C=S) groups is 1. The van der Waals surface area contributed by atoms with Gasteiger partial charge in [-0.15, -0.1) is 0 Å². The van der Waals surface area contributed by atoms with Gasteiger partial charge in [0.05, 0.1) is 6.26 Å². The maximum atomic E-state index is 5.34. The molecule has 1 heterocycles. The zero-order chi connectivity index (χ0) is 8.39. The third-order valence-corrected chi connectivity index (χ3v) is 2.03. The smallest absolute Gasteiger partial charge is 0.134 e. The van der Waals surface area contributed by atoms with E-state index >= 15 is 0 Å². The van der Waals surface area contributed by atoms with E-state index in [1.165, 1.54) is 10.9 Å². The molecular formula is C10H8OS. The summed E-state index contributed by atoms with van der Waals surface area (Å²) in [7, 11) is 0. The summed E-state index contributed by atoms with van der Waals surface area (Å²) in [5.41, 5.74) is 2.10. The molecule has 2 rings (SSSR count). The lowest BCUT2D eigenvalue weighted by molar-refractivity contribution is 0.612. The van der Waals surface area contributed by atoms with Gasteiger partial charge >= 0.3 is 0 Å². The van der Waals surface area contributed by atoms with Crippen LogP contribution in [-0.4, -0.2) is 5.37 Å². The van der Waals surface area contributed by atoms with Crippen LogP contribution < -0.4 is 0 Å². The molecule has 12 heavy (non-hydrogen) atoms. The first-order chi connectivity index (χ1) is 5.92. The van der Waals surface area contributed by atoms with E-state index in [0.29, 0.717) is 0 Å². The Morgan fingerprint density at radius 2 is 2.17 bits per heavy atom. The molecule has 0 bridgehead atoms. The van der Waals surface area contributed by atoms with Gasteiger partial charge in [-0.3, -0.25) is 0 Å². The van der Waals surface area contributed by atoms with Gasteiger partial charge in [-0.2, -0.15) is 0 Å². The third-order valence-electron chi connectivity index (χ3n) is 1.86. The van der Waals surface area contributed by atoms with Crippen molar-refractivity contribution in [3.05, 3.63) is 36.1 Å². The van der Waals surface area contributed by atoms with Crippen molar-refractivity contribution < 1.29 is 4.42 Å². The zero-order valence-corrected chi connectivity index (χ0v) is 7.30. The normalized spacial score (nSPS) is 10.3. The first-order valence-electron chi connectivity index (χ1n) is 3.80. The molecule has 0 aliphatic carbocycles. The van der Waals surface area contributed by atoms with Crippen molar-refractivity contribution in [3.8, 4) is 0 Å². The maximum Gasteiger partial charge on any atom is 0.134 e. The van der Waals surface area contributed by atoms with Crippen LogP contribution in [0.2, 0.25) is 0 Å². The average Bonchev–Trinajstić information content (AvgIpc) is 2.50. The lowest BCUT2D eigenvalue weighted by Gasteiger charge is -1.88. The van der Waals surface area contributed by atoms with E-state index < -0.39 is 0 Å². The SMILES string of the molecule is S=CCc1coc2ccccc12. The van der Waals surface area contributed by atoms with Crippen LogP contribution in [0.1, 0.15) is 5.56 Å². The molecule has 0 unspecified atom stereocenters. The van der Waals surface area contributed by atoms with Crippen molar-refractivity contribution in [2.24, 2.45) is 0 Å². The summed E-state index contributed by atoms with van der Waals surface area (Å²) in [6.45, 7) is 0.